The van der Waals surface area contributed by atoms with Crippen LogP contribution in [-0.2, 0) is 9.59 Å². The zero-order valence-electron chi connectivity index (χ0n) is 12.8. The van der Waals surface area contributed by atoms with Gasteiger partial charge in [-0.2, -0.15) is 0 Å². The summed E-state index contributed by atoms with van der Waals surface area (Å²) in [6.45, 7) is 4.41. The van der Waals surface area contributed by atoms with Crippen LogP contribution < -0.4 is 4.90 Å². The number of rotatable bonds is 2. The first kappa shape index (κ1) is 15.5. The molecule has 0 N–H and O–H groups in total. The Morgan fingerprint density at radius 1 is 1.18 bits per heavy atom. The highest BCUT2D eigenvalue weighted by atomic mass is 79.9. The smallest absolute Gasteiger partial charge is 0.228 e. The fourth-order valence-electron chi connectivity index (χ4n) is 3.23. The van der Waals surface area contributed by atoms with Crippen molar-refractivity contribution in [3.05, 3.63) is 28.7 Å². The second-order valence-electron chi connectivity index (χ2n) is 6.39. The molecule has 2 aliphatic rings. The van der Waals surface area contributed by atoms with Crippen molar-refractivity contribution in [1.29, 1.82) is 0 Å². The number of likely N-dealkylation sites (tertiary alicyclic amines) is 1. The van der Waals surface area contributed by atoms with Crippen LogP contribution in [0.1, 0.15) is 26.2 Å². The van der Waals surface area contributed by atoms with Crippen LogP contribution in [0.15, 0.2) is 28.7 Å². The van der Waals surface area contributed by atoms with E-state index in [1.165, 1.54) is 0 Å². The van der Waals surface area contributed by atoms with Gasteiger partial charge in [-0.1, -0.05) is 22.9 Å². The van der Waals surface area contributed by atoms with Gasteiger partial charge in [-0.25, -0.2) is 0 Å². The van der Waals surface area contributed by atoms with Gasteiger partial charge in [-0.05, 0) is 43.0 Å². The van der Waals surface area contributed by atoms with E-state index in [4.69, 9.17) is 0 Å². The molecule has 0 radical (unpaired) electrons. The van der Waals surface area contributed by atoms with Gasteiger partial charge in [-0.3, -0.25) is 9.59 Å². The van der Waals surface area contributed by atoms with Gasteiger partial charge in [0, 0.05) is 36.2 Å². The number of carbonyl (C=O) groups excluding carboxylic acids is 2. The van der Waals surface area contributed by atoms with Crippen molar-refractivity contribution in [2.75, 3.05) is 24.5 Å². The van der Waals surface area contributed by atoms with Gasteiger partial charge in [0.1, 0.15) is 0 Å². The largest absolute Gasteiger partial charge is 0.342 e. The predicted molar refractivity (Wildman–Crippen MR) is 89.6 cm³/mol. The van der Waals surface area contributed by atoms with E-state index in [0.717, 1.165) is 36.1 Å². The molecule has 118 valence electrons. The first-order valence-electron chi connectivity index (χ1n) is 7.89. The van der Waals surface area contributed by atoms with Crippen molar-refractivity contribution in [1.82, 2.24) is 4.90 Å². The van der Waals surface area contributed by atoms with Crippen LogP contribution >= 0.6 is 15.9 Å². The standard InChI is InChI=1S/C17H21BrN2O2/c1-12-6-8-19(9-7-12)17(22)13-10-16(21)20(11-13)15-4-2-14(18)3-5-15/h2-5,12-13H,6-11H2,1H3. The molecule has 3 rings (SSSR count). The van der Waals surface area contributed by atoms with Crippen molar-refractivity contribution in [3.63, 3.8) is 0 Å². The molecular weight excluding hydrogens is 344 g/mol. The Morgan fingerprint density at radius 3 is 2.45 bits per heavy atom. The lowest BCUT2D eigenvalue weighted by atomic mass is 9.97. The number of carbonyl (C=O) groups is 2. The molecule has 0 aromatic heterocycles. The number of hydrogen-bond acceptors (Lipinski definition) is 2. The Bertz CT molecular complexity index is 565. The van der Waals surface area contributed by atoms with E-state index < -0.39 is 0 Å². The summed E-state index contributed by atoms with van der Waals surface area (Å²) in [4.78, 5) is 28.6. The van der Waals surface area contributed by atoms with E-state index in [1.807, 2.05) is 29.2 Å². The summed E-state index contributed by atoms with van der Waals surface area (Å²) in [5.74, 6) is 0.712. The van der Waals surface area contributed by atoms with Gasteiger partial charge in [0.15, 0.2) is 0 Å². The highest BCUT2D eigenvalue weighted by Gasteiger charge is 2.37. The molecule has 0 bridgehead atoms. The summed E-state index contributed by atoms with van der Waals surface area (Å²) in [5.41, 5.74) is 0.871. The van der Waals surface area contributed by atoms with Crippen LogP contribution in [0.5, 0.6) is 0 Å². The van der Waals surface area contributed by atoms with Gasteiger partial charge in [0.05, 0.1) is 5.92 Å². The van der Waals surface area contributed by atoms with Crippen LogP contribution in [0.25, 0.3) is 0 Å². The molecule has 1 unspecified atom stereocenters. The van der Waals surface area contributed by atoms with Crippen molar-refractivity contribution in [2.24, 2.45) is 11.8 Å². The van der Waals surface area contributed by atoms with Crippen molar-refractivity contribution < 1.29 is 9.59 Å². The summed E-state index contributed by atoms with van der Waals surface area (Å²) < 4.78 is 0.984. The summed E-state index contributed by atoms with van der Waals surface area (Å²) in [6, 6.07) is 7.67. The van der Waals surface area contributed by atoms with Gasteiger partial charge < -0.3 is 9.80 Å². The number of benzene rings is 1. The minimum atomic E-state index is -0.190. The normalized spacial score (nSPS) is 23.2. The fraction of sp³-hybridized carbons (Fsp3) is 0.529. The Kier molecular flexibility index (Phi) is 4.52. The maximum Gasteiger partial charge on any atom is 0.228 e. The number of halogens is 1. The Balaban J connectivity index is 1.66. The van der Waals surface area contributed by atoms with Crippen LogP contribution in [0.4, 0.5) is 5.69 Å². The van der Waals surface area contributed by atoms with Crippen molar-refractivity contribution in [3.8, 4) is 0 Å². The number of nitrogens with zero attached hydrogens (tertiary/aromatic N) is 2. The fourth-order valence-corrected chi connectivity index (χ4v) is 3.50. The molecule has 1 aromatic rings. The quantitative estimate of drug-likeness (QED) is 0.808. The lowest BCUT2D eigenvalue weighted by Crippen LogP contribution is -2.42. The minimum Gasteiger partial charge on any atom is -0.342 e. The molecule has 2 saturated heterocycles. The SMILES string of the molecule is CC1CCN(C(=O)C2CC(=O)N(c3ccc(Br)cc3)C2)CC1. The number of amides is 2. The highest BCUT2D eigenvalue weighted by Crippen LogP contribution is 2.28. The second-order valence-corrected chi connectivity index (χ2v) is 7.31. The van der Waals surface area contributed by atoms with Crippen molar-refractivity contribution in [2.45, 2.75) is 26.2 Å². The third-order valence-electron chi connectivity index (χ3n) is 4.71. The van der Waals surface area contributed by atoms with E-state index in [0.29, 0.717) is 18.9 Å². The second kappa shape index (κ2) is 6.41. The molecule has 1 atom stereocenters. The van der Waals surface area contributed by atoms with Crippen molar-refractivity contribution >= 4 is 33.4 Å². The van der Waals surface area contributed by atoms with Crippen LogP contribution in [0.2, 0.25) is 0 Å². The van der Waals surface area contributed by atoms with E-state index in [9.17, 15) is 9.59 Å². The molecule has 4 nitrogen and oxygen atoms in total. The van der Waals surface area contributed by atoms with E-state index in [-0.39, 0.29) is 17.7 Å². The summed E-state index contributed by atoms with van der Waals surface area (Å²) in [6.07, 6.45) is 2.48. The third kappa shape index (κ3) is 3.19. The maximum absolute atomic E-state index is 12.6. The van der Waals surface area contributed by atoms with E-state index in [2.05, 4.69) is 22.9 Å². The zero-order valence-corrected chi connectivity index (χ0v) is 14.4. The highest BCUT2D eigenvalue weighted by molar-refractivity contribution is 9.10. The monoisotopic (exact) mass is 364 g/mol. The molecule has 5 heteroatoms. The maximum atomic E-state index is 12.6. The Morgan fingerprint density at radius 2 is 1.82 bits per heavy atom. The molecule has 2 amide bonds. The lowest BCUT2D eigenvalue weighted by Gasteiger charge is -2.32. The first-order chi connectivity index (χ1) is 10.5. The molecule has 0 aliphatic carbocycles. The minimum absolute atomic E-state index is 0.0473. The molecule has 22 heavy (non-hydrogen) atoms. The predicted octanol–water partition coefficient (Wildman–Crippen LogP) is 3.06. The van der Waals surface area contributed by atoms with E-state index in [1.54, 1.807) is 4.90 Å². The third-order valence-corrected chi connectivity index (χ3v) is 5.24. The summed E-state index contributed by atoms with van der Waals surface area (Å²) in [5, 5.41) is 0. The zero-order chi connectivity index (χ0) is 15.7. The molecule has 0 saturated carbocycles. The molecule has 1 aromatic carbocycles. The average molecular weight is 365 g/mol. The molecule has 2 heterocycles. The molecular formula is C17H21BrN2O2. The average Bonchev–Trinajstić information content (AvgIpc) is 2.90. The topological polar surface area (TPSA) is 40.6 Å². The summed E-state index contributed by atoms with van der Waals surface area (Å²) >= 11 is 3.40. The Labute approximate surface area is 139 Å². The number of anilines is 1. The van der Waals surface area contributed by atoms with Gasteiger partial charge in [0.25, 0.3) is 0 Å². The summed E-state index contributed by atoms with van der Waals surface area (Å²) in [7, 11) is 0. The Hall–Kier alpha value is -1.36. The van der Waals surface area contributed by atoms with Crippen LogP contribution in [0, 0.1) is 11.8 Å². The number of hydrogen-bond donors (Lipinski definition) is 0. The first-order valence-corrected chi connectivity index (χ1v) is 8.68. The lowest BCUT2D eigenvalue weighted by molar-refractivity contribution is -0.137. The van der Waals surface area contributed by atoms with Gasteiger partial charge in [0.2, 0.25) is 11.8 Å². The molecule has 2 aliphatic heterocycles. The van der Waals surface area contributed by atoms with Gasteiger partial charge in [-0.15, -0.1) is 0 Å². The number of piperidine rings is 1. The molecule has 2 fully saturated rings. The molecule has 0 spiro atoms. The van der Waals surface area contributed by atoms with Crippen LogP contribution in [-0.4, -0.2) is 36.3 Å². The van der Waals surface area contributed by atoms with Crippen LogP contribution in [0.3, 0.4) is 0 Å². The van der Waals surface area contributed by atoms with E-state index >= 15 is 0 Å². The van der Waals surface area contributed by atoms with Gasteiger partial charge >= 0.3 is 0 Å².